The van der Waals surface area contributed by atoms with Gasteiger partial charge in [-0.25, -0.2) is 4.98 Å². The molecule has 4 bridgehead atoms. The summed E-state index contributed by atoms with van der Waals surface area (Å²) in [6.07, 6.45) is 11.3. The second kappa shape index (κ2) is 6.08. The lowest BCUT2D eigenvalue weighted by Crippen LogP contribution is -2.56. The molecule has 2 aromatic rings. The fourth-order valence-electron chi connectivity index (χ4n) is 7.10. The van der Waals surface area contributed by atoms with Crippen LogP contribution in [0.2, 0.25) is 0 Å². The lowest BCUT2D eigenvalue weighted by Gasteiger charge is -2.59. The van der Waals surface area contributed by atoms with Gasteiger partial charge in [0.05, 0.1) is 5.56 Å². The summed E-state index contributed by atoms with van der Waals surface area (Å²) in [6.45, 7) is 6.30. The molecule has 2 aromatic heterocycles. The van der Waals surface area contributed by atoms with Crippen molar-refractivity contribution in [2.24, 2.45) is 23.2 Å². The molecule has 0 aromatic carbocycles. The molecule has 27 heavy (non-hydrogen) atoms. The van der Waals surface area contributed by atoms with Gasteiger partial charge in [-0.15, -0.1) is 0 Å². The summed E-state index contributed by atoms with van der Waals surface area (Å²) < 4.78 is 2.02. The normalized spacial score (nSPS) is 32.8. The van der Waals surface area contributed by atoms with Crippen LogP contribution in [0, 0.1) is 37.0 Å². The zero-order valence-corrected chi connectivity index (χ0v) is 16.8. The number of carbonyl (C=O) groups excluding carboxylic acids is 1. The Kier molecular flexibility index (Phi) is 3.89. The Morgan fingerprint density at radius 1 is 1.26 bits per heavy atom. The van der Waals surface area contributed by atoms with E-state index in [9.17, 15) is 4.79 Å². The van der Waals surface area contributed by atoms with Gasteiger partial charge >= 0.3 is 0 Å². The first-order chi connectivity index (χ1) is 13.0. The number of hydrogen-bond acceptors (Lipinski definition) is 2. The summed E-state index contributed by atoms with van der Waals surface area (Å²) in [5, 5.41) is 3.46. The molecule has 0 radical (unpaired) electrons. The molecule has 0 aliphatic heterocycles. The van der Waals surface area contributed by atoms with Crippen LogP contribution >= 0.6 is 0 Å². The van der Waals surface area contributed by atoms with Crippen LogP contribution in [0.15, 0.2) is 18.3 Å². The Labute approximate surface area is 163 Å². The molecule has 2 heterocycles. The summed E-state index contributed by atoms with van der Waals surface area (Å²) >= 11 is 0. The minimum Gasteiger partial charge on any atom is -0.349 e. The molecule has 4 aliphatic rings. The van der Waals surface area contributed by atoms with Gasteiger partial charge in [0.25, 0.3) is 5.91 Å². The molecule has 1 amide bonds. The monoisotopic (exact) mass is 367 g/mol. The van der Waals surface area contributed by atoms with Crippen LogP contribution in [-0.4, -0.2) is 21.3 Å². The first-order valence-corrected chi connectivity index (χ1v) is 10.7. The van der Waals surface area contributed by atoms with Crippen molar-refractivity contribution in [3.63, 3.8) is 0 Å². The Bertz CT molecular complexity index is 867. The van der Waals surface area contributed by atoms with Gasteiger partial charge in [-0.05, 0) is 94.1 Å². The van der Waals surface area contributed by atoms with E-state index in [-0.39, 0.29) is 7.33 Å². The molecule has 1 atom stereocenters. The van der Waals surface area contributed by atoms with E-state index in [0.717, 1.165) is 41.2 Å². The van der Waals surface area contributed by atoms with E-state index >= 15 is 0 Å². The number of fused-ring (bicyclic) bond motifs is 1. The molecule has 4 aliphatic carbocycles. The van der Waals surface area contributed by atoms with Crippen LogP contribution < -0.4 is 5.32 Å². The van der Waals surface area contributed by atoms with Gasteiger partial charge in [0.1, 0.15) is 5.65 Å². The van der Waals surface area contributed by atoms with Crippen LogP contribution in [0.3, 0.4) is 0 Å². The third-order valence-electron chi connectivity index (χ3n) is 7.72. The van der Waals surface area contributed by atoms with Crippen LogP contribution in [0.25, 0.3) is 5.65 Å². The molecular formula is C23H33N3O. The van der Waals surface area contributed by atoms with Crippen LogP contribution in [0.1, 0.15) is 75.0 Å². The van der Waals surface area contributed by atoms with E-state index in [1.54, 1.807) is 0 Å². The molecule has 146 valence electrons. The minimum atomic E-state index is 0. The number of nitrogens with one attached hydrogen (secondary N) is 1. The first kappa shape index (κ1) is 17.3. The van der Waals surface area contributed by atoms with E-state index in [1.165, 1.54) is 38.5 Å². The summed E-state index contributed by atoms with van der Waals surface area (Å²) in [4.78, 5) is 17.9. The maximum absolute atomic E-state index is 13.2. The van der Waals surface area contributed by atoms with Crippen LogP contribution in [-0.2, 0) is 0 Å². The predicted molar refractivity (Wildman–Crippen MR) is 109 cm³/mol. The summed E-state index contributed by atoms with van der Waals surface area (Å²) in [7, 11) is 0. The first-order valence-electron chi connectivity index (χ1n) is 10.7. The average molecular weight is 368 g/mol. The van der Waals surface area contributed by atoms with Gasteiger partial charge in [0.2, 0.25) is 0 Å². The van der Waals surface area contributed by atoms with E-state index in [4.69, 9.17) is 0 Å². The zero-order valence-electron chi connectivity index (χ0n) is 16.8. The lowest BCUT2D eigenvalue weighted by atomic mass is 9.47. The minimum absolute atomic E-state index is 0. The highest BCUT2D eigenvalue weighted by atomic mass is 16.1. The van der Waals surface area contributed by atoms with Gasteiger partial charge < -0.3 is 9.72 Å². The summed E-state index contributed by atoms with van der Waals surface area (Å²) in [6, 6.07) is 4.27. The largest absolute Gasteiger partial charge is 0.349 e. The van der Waals surface area contributed by atoms with Gasteiger partial charge in [0, 0.05) is 25.1 Å². The molecule has 4 fully saturated rings. The number of carbonyl (C=O) groups is 1. The van der Waals surface area contributed by atoms with Crippen molar-refractivity contribution < 1.29 is 6.22 Å². The van der Waals surface area contributed by atoms with Gasteiger partial charge in [0.15, 0.2) is 0 Å². The van der Waals surface area contributed by atoms with E-state index in [1.807, 2.05) is 23.6 Å². The van der Waals surface area contributed by atoms with Gasteiger partial charge in [-0.3, -0.25) is 4.79 Å². The number of nitrogens with zero attached hydrogens (tertiary/aromatic N) is 2. The number of aryl methyl sites for hydroxylation is 2. The number of hydrogen-bond donors (Lipinski definition) is 1. The zero-order chi connectivity index (χ0) is 18.8. The Balaban J connectivity index is 0.00000192. The summed E-state index contributed by atoms with van der Waals surface area (Å²) in [5.41, 5.74) is 3.91. The second-order valence-corrected chi connectivity index (χ2v) is 9.68. The fourth-order valence-corrected chi connectivity index (χ4v) is 7.10. The number of aromatic nitrogens is 2. The van der Waals surface area contributed by atoms with Crippen molar-refractivity contribution in [3.05, 3.63) is 35.3 Å². The molecule has 4 saturated carbocycles. The summed E-state index contributed by atoms with van der Waals surface area (Å²) in [5.74, 6) is 2.77. The molecule has 1 N–H and O–H groups in total. The molecule has 0 spiro atoms. The Hall–Kier alpha value is -1.84. The van der Waals surface area contributed by atoms with Crippen LogP contribution in [0.5, 0.6) is 0 Å². The molecule has 6 rings (SSSR count). The molecule has 0 saturated heterocycles. The van der Waals surface area contributed by atoms with E-state index in [0.29, 0.717) is 17.0 Å². The third-order valence-corrected chi connectivity index (χ3v) is 7.72. The topological polar surface area (TPSA) is 46.4 Å². The Morgan fingerprint density at radius 2 is 1.89 bits per heavy atom. The van der Waals surface area contributed by atoms with Gasteiger partial charge in [-0.2, -0.15) is 0 Å². The fraction of sp³-hybridized carbons (Fsp3) is 0.652. The standard InChI is InChI=1S/C23H31N3O.H2/c1-4-20(23-11-16-8-17(12-23)10-18(9-16)13-23)25-22(27)19-5-6-26-15(3)7-14(2)24-21(19)26;/h5-7,16-18,20H,4,8-13H2,1-3H3,(H,25,27);1H. The van der Waals surface area contributed by atoms with Crippen molar-refractivity contribution in [2.75, 3.05) is 0 Å². The Morgan fingerprint density at radius 3 is 2.48 bits per heavy atom. The quantitative estimate of drug-likeness (QED) is 0.833. The SMILES string of the molecule is CCC(NC(=O)c1ccn2c(C)cc(C)nc12)C12CC3CC(CC(C3)C1)C2.[HH]. The van der Waals surface area contributed by atoms with Crippen molar-refractivity contribution in [3.8, 4) is 0 Å². The number of rotatable bonds is 4. The van der Waals surface area contributed by atoms with Crippen molar-refractivity contribution in [1.82, 2.24) is 14.7 Å². The van der Waals surface area contributed by atoms with Crippen LogP contribution in [0.4, 0.5) is 0 Å². The van der Waals surface area contributed by atoms with Crippen molar-refractivity contribution in [2.45, 2.75) is 71.8 Å². The molecular weight excluding hydrogens is 334 g/mol. The second-order valence-electron chi connectivity index (χ2n) is 9.68. The predicted octanol–water partition coefficient (Wildman–Crippen LogP) is 4.92. The van der Waals surface area contributed by atoms with E-state index < -0.39 is 0 Å². The average Bonchev–Trinajstić information content (AvgIpc) is 3.02. The third kappa shape index (κ3) is 2.71. The number of amides is 1. The van der Waals surface area contributed by atoms with Crippen molar-refractivity contribution in [1.29, 1.82) is 0 Å². The lowest BCUT2D eigenvalue weighted by molar-refractivity contribution is -0.0727. The molecule has 4 nitrogen and oxygen atoms in total. The highest BCUT2D eigenvalue weighted by Crippen LogP contribution is 2.61. The van der Waals surface area contributed by atoms with E-state index in [2.05, 4.69) is 30.2 Å². The maximum atomic E-state index is 13.2. The van der Waals surface area contributed by atoms with Gasteiger partial charge in [-0.1, -0.05) is 6.92 Å². The molecule has 1 unspecified atom stereocenters. The highest BCUT2D eigenvalue weighted by molar-refractivity contribution is 6.00. The highest BCUT2D eigenvalue weighted by Gasteiger charge is 2.54. The molecule has 4 heteroatoms. The van der Waals surface area contributed by atoms with Crippen molar-refractivity contribution >= 4 is 11.6 Å². The smallest absolute Gasteiger partial charge is 0.255 e. The maximum Gasteiger partial charge on any atom is 0.255 e.